The summed E-state index contributed by atoms with van der Waals surface area (Å²) in [4.78, 5) is 28.0. The van der Waals surface area contributed by atoms with Gasteiger partial charge in [0.25, 0.3) is 5.91 Å². The Morgan fingerprint density at radius 1 is 1.00 bits per heavy atom. The van der Waals surface area contributed by atoms with Gasteiger partial charge < -0.3 is 24.8 Å². The van der Waals surface area contributed by atoms with Gasteiger partial charge in [-0.25, -0.2) is 18.7 Å². The summed E-state index contributed by atoms with van der Waals surface area (Å²) >= 11 is 0. The van der Waals surface area contributed by atoms with E-state index in [-0.39, 0.29) is 29.5 Å². The molecule has 0 aliphatic carbocycles. The molecular weight excluding hydrogens is 559 g/mol. The molecule has 1 N–H and O–H groups in total. The van der Waals surface area contributed by atoms with Crippen LogP contribution in [0.1, 0.15) is 29.8 Å². The first kappa shape index (κ1) is 29.6. The molecule has 2 fully saturated rings. The molecule has 5 rings (SSSR count). The number of hydrogen-bond acceptors (Lipinski definition) is 7. The van der Waals surface area contributed by atoms with Crippen molar-refractivity contribution in [3.05, 3.63) is 65.5 Å². The van der Waals surface area contributed by atoms with Crippen LogP contribution in [0, 0.1) is 11.6 Å². The third-order valence-corrected chi connectivity index (χ3v) is 7.64. The van der Waals surface area contributed by atoms with Crippen LogP contribution in [0.15, 0.2) is 42.7 Å². The van der Waals surface area contributed by atoms with Crippen molar-refractivity contribution in [3.8, 4) is 11.1 Å². The van der Waals surface area contributed by atoms with Gasteiger partial charge in [-0.3, -0.25) is 4.79 Å². The van der Waals surface area contributed by atoms with Gasteiger partial charge in [0.05, 0.1) is 35.2 Å². The lowest BCUT2D eigenvalue weighted by molar-refractivity contribution is -0.138. The number of anilines is 3. The van der Waals surface area contributed by atoms with Crippen LogP contribution in [-0.2, 0) is 10.9 Å². The Bertz CT molecular complexity index is 1450. The number of piperazine rings is 1. The molecule has 1 amide bonds. The van der Waals surface area contributed by atoms with Gasteiger partial charge in [-0.05, 0) is 51.2 Å². The fourth-order valence-corrected chi connectivity index (χ4v) is 5.18. The van der Waals surface area contributed by atoms with Gasteiger partial charge >= 0.3 is 6.18 Å². The van der Waals surface area contributed by atoms with Crippen LogP contribution in [0.2, 0.25) is 0 Å². The zero-order valence-electron chi connectivity index (χ0n) is 23.4. The summed E-state index contributed by atoms with van der Waals surface area (Å²) in [6.07, 6.45) is -2.03. The SMILES string of the molecule is C[C@@H]1CN(c2ncc(-c3cc(NC(=O)c4ccc(F)cc4C(F)(F)F)c(N4CCN(C)[C@H](C)C4)cc3F)cn2)CCO1. The zero-order chi connectivity index (χ0) is 30.2. The van der Waals surface area contributed by atoms with Gasteiger partial charge in [0, 0.05) is 62.3 Å². The number of hydrogen-bond donors (Lipinski definition) is 1. The largest absolute Gasteiger partial charge is 0.417 e. The minimum absolute atomic E-state index is 0.00875. The third-order valence-electron chi connectivity index (χ3n) is 7.64. The average molecular weight is 591 g/mol. The third kappa shape index (κ3) is 6.31. The van der Waals surface area contributed by atoms with E-state index in [9.17, 15) is 22.4 Å². The molecule has 0 saturated carbocycles. The van der Waals surface area contributed by atoms with Crippen molar-refractivity contribution < 1.29 is 31.5 Å². The van der Waals surface area contributed by atoms with Crippen molar-refractivity contribution >= 4 is 23.2 Å². The number of rotatable bonds is 5. The lowest BCUT2D eigenvalue weighted by Gasteiger charge is -2.39. The first-order valence-corrected chi connectivity index (χ1v) is 13.6. The number of nitrogens with zero attached hydrogens (tertiary/aromatic N) is 5. The Morgan fingerprint density at radius 3 is 2.40 bits per heavy atom. The predicted molar refractivity (Wildman–Crippen MR) is 149 cm³/mol. The minimum atomic E-state index is -4.96. The van der Waals surface area contributed by atoms with Crippen molar-refractivity contribution in [2.75, 3.05) is 61.5 Å². The normalized spacial score (nSPS) is 20.1. The topological polar surface area (TPSA) is 73.8 Å². The van der Waals surface area contributed by atoms with Gasteiger partial charge in [-0.15, -0.1) is 0 Å². The highest BCUT2D eigenvalue weighted by Gasteiger charge is 2.36. The minimum Gasteiger partial charge on any atom is -0.375 e. The number of aromatic nitrogens is 2. The van der Waals surface area contributed by atoms with E-state index < -0.39 is 34.8 Å². The first-order chi connectivity index (χ1) is 19.9. The second-order valence-corrected chi connectivity index (χ2v) is 10.7. The number of ether oxygens (including phenoxy) is 1. The number of carbonyl (C=O) groups excluding carboxylic acids is 1. The number of likely N-dealkylation sites (N-methyl/N-ethyl adjacent to an activating group) is 1. The van der Waals surface area contributed by atoms with E-state index in [1.807, 2.05) is 30.7 Å². The van der Waals surface area contributed by atoms with Gasteiger partial charge in [-0.1, -0.05) is 0 Å². The Hall–Kier alpha value is -3.84. The van der Waals surface area contributed by atoms with Gasteiger partial charge in [0.2, 0.25) is 5.95 Å². The van der Waals surface area contributed by atoms with E-state index in [0.717, 1.165) is 12.1 Å². The second-order valence-electron chi connectivity index (χ2n) is 10.7. The van der Waals surface area contributed by atoms with E-state index in [4.69, 9.17) is 4.74 Å². The Morgan fingerprint density at radius 2 is 1.74 bits per heavy atom. The molecule has 0 spiro atoms. The molecule has 0 unspecified atom stereocenters. The zero-order valence-corrected chi connectivity index (χ0v) is 23.4. The van der Waals surface area contributed by atoms with E-state index in [2.05, 4.69) is 20.2 Å². The average Bonchev–Trinajstić information content (AvgIpc) is 2.95. The maximum Gasteiger partial charge on any atom is 0.417 e. The summed E-state index contributed by atoms with van der Waals surface area (Å²) < 4.78 is 75.9. The number of benzene rings is 2. The lowest BCUT2D eigenvalue weighted by Crippen LogP contribution is -2.50. The number of amides is 1. The van der Waals surface area contributed by atoms with Crippen LogP contribution in [0.4, 0.5) is 39.3 Å². The molecule has 2 aliphatic rings. The highest BCUT2D eigenvalue weighted by Crippen LogP contribution is 2.37. The van der Waals surface area contributed by atoms with Gasteiger partial charge in [0.1, 0.15) is 11.6 Å². The van der Waals surface area contributed by atoms with Crippen molar-refractivity contribution in [3.63, 3.8) is 0 Å². The smallest absolute Gasteiger partial charge is 0.375 e. The predicted octanol–water partition coefficient (Wildman–Crippen LogP) is 5.06. The van der Waals surface area contributed by atoms with Gasteiger partial charge in [0.15, 0.2) is 0 Å². The number of carbonyl (C=O) groups is 1. The van der Waals surface area contributed by atoms with Crippen LogP contribution in [0.3, 0.4) is 0 Å². The van der Waals surface area contributed by atoms with E-state index >= 15 is 4.39 Å². The molecule has 2 aromatic carbocycles. The standard InChI is InChI=1S/C29H31F5N6O2/c1-17-15-39(7-6-38(17)3)26-12-24(31)22(19-13-35-28(36-14-19)40-8-9-42-18(2)16-40)11-25(26)37-27(41)21-5-4-20(30)10-23(21)29(32,33)34/h4-5,10-14,17-18H,6-9,15-16H2,1-3H3,(H,37,41)/t17-,18-/m1/s1. The monoisotopic (exact) mass is 590 g/mol. The number of halogens is 5. The van der Waals surface area contributed by atoms with Crippen molar-refractivity contribution in [1.82, 2.24) is 14.9 Å². The number of alkyl halides is 3. The van der Waals surface area contributed by atoms with Crippen molar-refractivity contribution in [2.45, 2.75) is 32.2 Å². The van der Waals surface area contributed by atoms with Crippen molar-refractivity contribution in [1.29, 1.82) is 0 Å². The number of morpholine rings is 1. The van der Waals surface area contributed by atoms with Crippen molar-refractivity contribution in [2.24, 2.45) is 0 Å². The molecule has 1 aromatic heterocycles. The molecule has 2 saturated heterocycles. The van der Waals surface area contributed by atoms with Crippen LogP contribution >= 0.6 is 0 Å². The summed E-state index contributed by atoms with van der Waals surface area (Å²) in [5, 5.41) is 2.54. The van der Waals surface area contributed by atoms with E-state index in [1.54, 1.807) is 0 Å². The van der Waals surface area contributed by atoms with E-state index in [0.29, 0.717) is 56.5 Å². The molecule has 42 heavy (non-hydrogen) atoms. The number of nitrogens with one attached hydrogen (secondary N) is 1. The Kier molecular flexibility index (Phi) is 8.33. The maximum atomic E-state index is 15.7. The summed E-state index contributed by atoms with van der Waals surface area (Å²) in [6.45, 7) is 7.33. The van der Waals surface area contributed by atoms with Crippen LogP contribution in [-0.4, -0.2) is 79.3 Å². The highest BCUT2D eigenvalue weighted by atomic mass is 19.4. The quantitative estimate of drug-likeness (QED) is 0.417. The summed E-state index contributed by atoms with van der Waals surface area (Å²) in [5.41, 5.74) is -1.34. The molecule has 3 heterocycles. The molecule has 0 bridgehead atoms. The lowest BCUT2D eigenvalue weighted by atomic mass is 10.0. The molecule has 3 aromatic rings. The van der Waals surface area contributed by atoms with Crippen LogP contribution in [0.25, 0.3) is 11.1 Å². The van der Waals surface area contributed by atoms with Crippen LogP contribution < -0.4 is 15.1 Å². The van der Waals surface area contributed by atoms with Gasteiger partial charge in [-0.2, -0.15) is 13.2 Å². The Labute approximate surface area is 240 Å². The maximum absolute atomic E-state index is 15.7. The molecular formula is C29H31F5N6O2. The van der Waals surface area contributed by atoms with E-state index in [1.165, 1.54) is 24.5 Å². The fraction of sp³-hybridized carbons (Fsp3) is 0.414. The molecule has 13 heteroatoms. The summed E-state index contributed by atoms with van der Waals surface area (Å²) in [5.74, 6) is -2.37. The molecule has 2 atom stereocenters. The highest BCUT2D eigenvalue weighted by molar-refractivity contribution is 6.07. The molecule has 2 aliphatic heterocycles. The summed E-state index contributed by atoms with van der Waals surface area (Å²) in [6, 6.07) is 4.59. The molecule has 0 radical (unpaired) electrons. The fourth-order valence-electron chi connectivity index (χ4n) is 5.18. The Balaban J connectivity index is 1.52. The molecule has 224 valence electrons. The summed E-state index contributed by atoms with van der Waals surface area (Å²) in [7, 11) is 1.96. The first-order valence-electron chi connectivity index (χ1n) is 13.6. The molecule has 8 nitrogen and oxygen atoms in total. The van der Waals surface area contributed by atoms with Crippen LogP contribution in [0.5, 0.6) is 0 Å². The second kappa shape index (κ2) is 11.8.